The van der Waals surface area contributed by atoms with E-state index in [9.17, 15) is 5.11 Å². The Morgan fingerprint density at radius 3 is 2.25 bits per heavy atom. The van der Waals surface area contributed by atoms with E-state index >= 15 is 0 Å². The van der Waals surface area contributed by atoms with Crippen LogP contribution in [-0.4, -0.2) is 5.11 Å². The first-order chi connectivity index (χ1) is 7.06. The van der Waals surface area contributed by atoms with Crippen molar-refractivity contribution in [1.29, 1.82) is 0 Å². The molecule has 0 heterocycles. The van der Waals surface area contributed by atoms with Crippen molar-refractivity contribution < 1.29 is 5.11 Å². The van der Waals surface area contributed by atoms with E-state index in [1.54, 1.807) is 0 Å². The van der Waals surface area contributed by atoms with Gasteiger partial charge in [-0.15, -0.1) is 12.4 Å². The molecule has 1 atom stereocenters. The van der Waals surface area contributed by atoms with E-state index in [0.29, 0.717) is 5.75 Å². The first-order valence-electron chi connectivity index (χ1n) is 4.99. The molecule has 0 aliphatic heterocycles. The van der Waals surface area contributed by atoms with Gasteiger partial charge in [0.05, 0.1) is 7.14 Å². The van der Waals surface area contributed by atoms with E-state index in [4.69, 9.17) is 5.73 Å². The van der Waals surface area contributed by atoms with Crippen LogP contribution in [0.3, 0.4) is 0 Å². The fourth-order valence-corrected chi connectivity index (χ4v) is 3.21. The van der Waals surface area contributed by atoms with Crippen LogP contribution in [0.4, 0.5) is 0 Å². The third-order valence-corrected chi connectivity index (χ3v) is 3.98. The molecule has 0 aliphatic carbocycles. The van der Waals surface area contributed by atoms with Gasteiger partial charge in [0.15, 0.2) is 0 Å². The van der Waals surface area contributed by atoms with Crippen LogP contribution in [0.15, 0.2) is 12.1 Å². The first kappa shape index (κ1) is 16.7. The lowest BCUT2D eigenvalue weighted by Gasteiger charge is -2.13. The third-order valence-electron chi connectivity index (χ3n) is 2.34. The summed E-state index contributed by atoms with van der Waals surface area (Å²) in [5, 5.41) is 9.63. The Morgan fingerprint density at radius 2 is 1.81 bits per heavy atom. The van der Waals surface area contributed by atoms with Gasteiger partial charge in [0.2, 0.25) is 0 Å². The van der Waals surface area contributed by atoms with Crippen LogP contribution >= 0.6 is 57.6 Å². The molecule has 16 heavy (non-hydrogen) atoms. The van der Waals surface area contributed by atoms with Crippen LogP contribution in [0.5, 0.6) is 5.75 Å². The first-order valence-corrected chi connectivity index (χ1v) is 7.15. The summed E-state index contributed by atoms with van der Waals surface area (Å²) in [6.07, 6.45) is 3.32. The van der Waals surface area contributed by atoms with Crippen molar-refractivity contribution >= 4 is 57.6 Å². The van der Waals surface area contributed by atoms with E-state index in [2.05, 4.69) is 52.1 Å². The third kappa shape index (κ3) is 4.54. The summed E-state index contributed by atoms with van der Waals surface area (Å²) in [5.74, 6) is 0.364. The highest BCUT2D eigenvalue weighted by Gasteiger charge is 2.10. The Labute approximate surface area is 130 Å². The SMILES string of the molecule is CCCC[C@@H](N)c1cc(I)c(O)c(I)c1.Cl. The molecule has 0 saturated heterocycles. The topological polar surface area (TPSA) is 46.2 Å². The highest BCUT2D eigenvalue weighted by molar-refractivity contribution is 14.1. The van der Waals surface area contributed by atoms with Gasteiger partial charge in [-0.2, -0.15) is 0 Å². The second-order valence-corrected chi connectivity index (χ2v) is 5.91. The molecule has 3 N–H and O–H groups in total. The number of unbranched alkanes of at least 4 members (excludes halogenated alkanes) is 1. The summed E-state index contributed by atoms with van der Waals surface area (Å²) in [7, 11) is 0. The zero-order valence-corrected chi connectivity index (χ0v) is 14.2. The van der Waals surface area contributed by atoms with Gasteiger partial charge in [-0.1, -0.05) is 19.8 Å². The normalized spacial score (nSPS) is 12.0. The highest BCUT2D eigenvalue weighted by Crippen LogP contribution is 2.30. The molecule has 0 amide bonds. The van der Waals surface area contributed by atoms with Crippen LogP contribution in [0, 0.1) is 7.14 Å². The van der Waals surface area contributed by atoms with E-state index in [1.807, 2.05) is 12.1 Å². The number of halogens is 3. The van der Waals surface area contributed by atoms with Crippen molar-refractivity contribution in [2.45, 2.75) is 32.2 Å². The van der Waals surface area contributed by atoms with Crippen molar-refractivity contribution in [2.75, 3.05) is 0 Å². The molecule has 2 nitrogen and oxygen atoms in total. The molecule has 0 fully saturated rings. The lowest BCUT2D eigenvalue weighted by atomic mass is 10.0. The number of nitrogens with two attached hydrogens (primary N) is 1. The number of hydrogen-bond acceptors (Lipinski definition) is 2. The van der Waals surface area contributed by atoms with Crippen molar-refractivity contribution in [2.24, 2.45) is 5.73 Å². The number of benzene rings is 1. The summed E-state index contributed by atoms with van der Waals surface area (Å²) >= 11 is 4.27. The molecule has 0 bridgehead atoms. The van der Waals surface area contributed by atoms with Crippen LogP contribution < -0.4 is 5.73 Å². The van der Waals surface area contributed by atoms with Gasteiger partial charge >= 0.3 is 0 Å². The van der Waals surface area contributed by atoms with Gasteiger partial charge in [-0.3, -0.25) is 0 Å². The fourth-order valence-electron chi connectivity index (χ4n) is 1.39. The minimum absolute atomic E-state index is 0. The maximum atomic E-state index is 9.63. The summed E-state index contributed by atoms with van der Waals surface area (Å²) in [6.45, 7) is 2.16. The molecular weight excluding hydrogens is 451 g/mol. The molecule has 5 heteroatoms. The maximum absolute atomic E-state index is 9.63. The molecule has 1 aromatic carbocycles. The second kappa shape index (κ2) is 7.94. The summed E-state index contributed by atoms with van der Waals surface area (Å²) in [5.41, 5.74) is 7.20. The summed E-state index contributed by atoms with van der Waals surface area (Å²) in [4.78, 5) is 0. The molecular formula is C11H16ClI2NO. The monoisotopic (exact) mass is 467 g/mol. The number of phenols is 1. The molecule has 0 aromatic heterocycles. The highest BCUT2D eigenvalue weighted by atomic mass is 127. The van der Waals surface area contributed by atoms with Crippen molar-refractivity contribution in [1.82, 2.24) is 0 Å². The number of hydrogen-bond donors (Lipinski definition) is 2. The van der Waals surface area contributed by atoms with Gasteiger partial charge < -0.3 is 10.8 Å². The van der Waals surface area contributed by atoms with Gasteiger partial charge in [0.1, 0.15) is 5.75 Å². The zero-order valence-electron chi connectivity index (χ0n) is 9.04. The van der Waals surface area contributed by atoms with Gasteiger partial charge in [0.25, 0.3) is 0 Å². The molecule has 92 valence electrons. The average Bonchev–Trinajstić information content (AvgIpc) is 2.21. The smallest absolute Gasteiger partial charge is 0.142 e. The molecule has 0 radical (unpaired) electrons. The van der Waals surface area contributed by atoms with Crippen LogP contribution in [-0.2, 0) is 0 Å². The Kier molecular flexibility index (Phi) is 8.30. The molecule has 0 aliphatic rings. The second-order valence-electron chi connectivity index (χ2n) is 3.58. The minimum Gasteiger partial charge on any atom is -0.506 e. The predicted octanol–water partition coefficient (Wildman–Crippen LogP) is 4.21. The number of rotatable bonds is 4. The lowest BCUT2D eigenvalue weighted by molar-refractivity contribution is 0.466. The van der Waals surface area contributed by atoms with Gasteiger partial charge in [0, 0.05) is 6.04 Å². The van der Waals surface area contributed by atoms with Crippen LogP contribution in [0.2, 0.25) is 0 Å². The maximum Gasteiger partial charge on any atom is 0.142 e. The van der Waals surface area contributed by atoms with E-state index in [-0.39, 0.29) is 18.4 Å². The summed E-state index contributed by atoms with van der Waals surface area (Å²) in [6, 6.07) is 4.03. The van der Waals surface area contributed by atoms with E-state index in [1.165, 1.54) is 6.42 Å². The Bertz CT molecular complexity index is 324. The zero-order chi connectivity index (χ0) is 11.4. The average molecular weight is 468 g/mol. The Balaban J connectivity index is 0.00000225. The van der Waals surface area contributed by atoms with Crippen molar-refractivity contribution in [3.05, 3.63) is 24.8 Å². The van der Waals surface area contributed by atoms with Crippen LogP contribution in [0.1, 0.15) is 37.8 Å². The van der Waals surface area contributed by atoms with Crippen LogP contribution in [0.25, 0.3) is 0 Å². The van der Waals surface area contributed by atoms with Gasteiger partial charge in [-0.25, -0.2) is 0 Å². The molecule has 1 aromatic rings. The standard InChI is InChI=1S/C11H15I2NO.ClH/c1-2-3-4-10(14)7-5-8(12)11(15)9(13)6-7;/h5-6,10,15H,2-4,14H2,1H3;1H/t10-;/m1./s1. The largest absolute Gasteiger partial charge is 0.506 e. The summed E-state index contributed by atoms with van der Waals surface area (Å²) < 4.78 is 1.75. The Hall–Kier alpha value is 0.730. The Morgan fingerprint density at radius 1 is 1.31 bits per heavy atom. The lowest BCUT2D eigenvalue weighted by Crippen LogP contribution is -2.10. The number of phenolic OH excluding ortho intramolecular Hbond substituents is 1. The van der Waals surface area contributed by atoms with Gasteiger partial charge in [-0.05, 0) is 69.3 Å². The molecule has 0 saturated carbocycles. The quantitative estimate of drug-likeness (QED) is 0.652. The molecule has 0 spiro atoms. The van der Waals surface area contributed by atoms with E-state index in [0.717, 1.165) is 25.5 Å². The number of aromatic hydroxyl groups is 1. The van der Waals surface area contributed by atoms with E-state index < -0.39 is 0 Å². The minimum atomic E-state index is 0. The van der Waals surface area contributed by atoms with Crippen molar-refractivity contribution in [3.63, 3.8) is 0 Å². The predicted molar refractivity (Wildman–Crippen MR) is 87.2 cm³/mol. The fraction of sp³-hybridized carbons (Fsp3) is 0.455. The molecule has 0 unspecified atom stereocenters. The molecule has 1 rings (SSSR count). The van der Waals surface area contributed by atoms with Crippen molar-refractivity contribution in [3.8, 4) is 5.75 Å².